The quantitative estimate of drug-likeness (QED) is 0.363. The molecule has 1 unspecified atom stereocenters. The highest BCUT2D eigenvalue weighted by molar-refractivity contribution is 5.79. The Labute approximate surface area is 167 Å². The van der Waals surface area contributed by atoms with Gasteiger partial charge in [0.1, 0.15) is 5.82 Å². The Bertz CT molecular complexity index is 618. The second kappa shape index (κ2) is 11.3. The van der Waals surface area contributed by atoms with E-state index in [9.17, 15) is 4.39 Å². The van der Waals surface area contributed by atoms with Gasteiger partial charge in [-0.05, 0) is 42.9 Å². The molecule has 2 N–H and O–H groups in total. The van der Waals surface area contributed by atoms with Crippen LogP contribution in [-0.2, 0) is 9.47 Å². The summed E-state index contributed by atoms with van der Waals surface area (Å²) in [7, 11) is 1.77. The van der Waals surface area contributed by atoms with Crippen molar-refractivity contribution in [2.45, 2.75) is 25.3 Å². The fourth-order valence-corrected chi connectivity index (χ4v) is 3.39. The average Bonchev–Trinajstić information content (AvgIpc) is 3.54. The molecule has 0 aromatic heterocycles. The average molecular weight is 393 g/mol. The first-order chi connectivity index (χ1) is 13.8. The first-order valence-corrected chi connectivity index (χ1v) is 10.4. The highest BCUT2D eigenvalue weighted by atomic mass is 19.1. The van der Waals surface area contributed by atoms with Gasteiger partial charge in [0.15, 0.2) is 5.96 Å². The summed E-state index contributed by atoms with van der Waals surface area (Å²) < 4.78 is 24.9. The molecule has 1 atom stereocenters. The van der Waals surface area contributed by atoms with Crippen molar-refractivity contribution >= 4 is 5.96 Å². The summed E-state index contributed by atoms with van der Waals surface area (Å²) in [5.41, 5.74) is 0.971. The third-order valence-electron chi connectivity index (χ3n) is 5.21. The summed E-state index contributed by atoms with van der Waals surface area (Å²) >= 11 is 0. The number of morpholine rings is 1. The zero-order chi connectivity index (χ0) is 19.6. The molecule has 7 heteroatoms. The van der Waals surface area contributed by atoms with Crippen LogP contribution in [0, 0.1) is 11.7 Å². The van der Waals surface area contributed by atoms with E-state index >= 15 is 0 Å². The van der Waals surface area contributed by atoms with Crippen molar-refractivity contribution in [1.29, 1.82) is 0 Å². The van der Waals surface area contributed by atoms with Gasteiger partial charge in [-0.25, -0.2) is 4.39 Å². The second-order valence-corrected chi connectivity index (χ2v) is 7.47. The van der Waals surface area contributed by atoms with Crippen LogP contribution < -0.4 is 10.6 Å². The van der Waals surface area contributed by atoms with Gasteiger partial charge in [0.05, 0.1) is 19.3 Å². The first kappa shape index (κ1) is 21.0. The molecular weight excluding hydrogens is 359 g/mol. The normalized spacial score (nSPS) is 19.4. The Kier molecular flexibility index (Phi) is 8.51. The number of ether oxygens (including phenoxy) is 2. The Hall–Kier alpha value is -1.70. The van der Waals surface area contributed by atoms with E-state index in [0.717, 1.165) is 56.7 Å². The van der Waals surface area contributed by atoms with Crippen molar-refractivity contribution < 1.29 is 13.9 Å². The van der Waals surface area contributed by atoms with Crippen molar-refractivity contribution in [2.24, 2.45) is 10.9 Å². The molecule has 156 valence electrons. The van der Waals surface area contributed by atoms with Gasteiger partial charge < -0.3 is 20.1 Å². The summed E-state index contributed by atoms with van der Waals surface area (Å²) in [6.45, 7) is 6.25. The molecule has 0 spiro atoms. The predicted molar refractivity (Wildman–Crippen MR) is 109 cm³/mol. The third-order valence-corrected chi connectivity index (χ3v) is 5.21. The van der Waals surface area contributed by atoms with Crippen LogP contribution in [0.5, 0.6) is 0 Å². The lowest BCUT2D eigenvalue weighted by atomic mass is 10.0. The number of guanidine groups is 1. The van der Waals surface area contributed by atoms with Crippen molar-refractivity contribution in [3.63, 3.8) is 0 Å². The van der Waals surface area contributed by atoms with Gasteiger partial charge in [-0.3, -0.25) is 9.89 Å². The van der Waals surface area contributed by atoms with E-state index in [1.54, 1.807) is 19.2 Å². The van der Waals surface area contributed by atoms with E-state index < -0.39 is 0 Å². The smallest absolute Gasteiger partial charge is 0.191 e. The number of rotatable bonds is 10. The van der Waals surface area contributed by atoms with Crippen LogP contribution in [0.3, 0.4) is 0 Å². The number of nitrogens with one attached hydrogen (secondary N) is 2. The number of halogens is 1. The molecule has 1 aromatic carbocycles. The first-order valence-electron chi connectivity index (χ1n) is 10.4. The van der Waals surface area contributed by atoms with Crippen LogP contribution in [0.4, 0.5) is 4.39 Å². The summed E-state index contributed by atoms with van der Waals surface area (Å²) in [5.74, 6) is 1.36. The molecule has 6 nitrogen and oxygen atoms in total. The Morgan fingerprint density at radius 2 is 2.14 bits per heavy atom. The minimum atomic E-state index is -0.204. The predicted octanol–water partition coefficient (Wildman–Crippen LogP) is 2.18. The molecule has 1 aliphatic heterocycles. The summed E-state index contributed by atoms with van der Waals surface area (Å²) in [6.07, 6.45) is 3.60. The molecule has 0 bridgehead atoms. The maximum atomic E-state index is 13.8. The highest BCUT2D eigenvalue weighted by Crippen LogP contribution is 2.28. The van der Waals surface area contributed by atoms with Crippen molar-refractivity contribution in [1.82, 2.24) is 15.5 Å². The Morgan fingerprint density at radius 3 is 2.86 bits per heavy atom. The highest BCUT2D eigenvalue weighted by Gasteiger charge is 2.23. The lowest BCUT2D eigenvalue weighted by molar-refractivity contribution is 0.0169. The largest absolute Gasteiger partial charge is 0.381 e. The lowest BCUT2D eigenvalue weighted by Gasteiger charge is -2.35. The van der Waals surface area contributed by atoms with Crippen molar-refractivity contribution in [3.8, 4) is 0 Å². The van der Waals surface area contributed by atoms with Gasteiger partial charge in [-0.1, -0.05) is 12.1 Å². The van der Waals surface area contributed by atoms with E-state index in [4.69, 9.17) is 9.47 Å². The summed E-state index contributed by atoms with van der Waals surface area (Å²) in [6, 6.07) is 6.93. The SMILES string of the molecule is CN=C(NCCCOCC1CC1)NCC(c1cccc(F)c1)N1CCOCC1. The number of nitrogens with zero attached hydrogens (tertiary/aromatic N) is 2. The number of aliphatic imine (C=N–C) groups is 1. The van der Waals surface area contributed by atoms with Crippen molar-refractivity contribution in [3.05, 3.63) is 35.6 Å². The summed E-state index contributed by atoms with van der Waals surface area (Å²) in [4.78, 5) is 6.65. The molecule has 0 amide bonds. The van der Waals surface area contributed by atoms with Crippen LogP contribution in [0.25, 0.3) is 0 Å². The molecule has 0 radical (unpaired) electrons. The zero-order valence-electron chi connectivity index (χ0n) is 16.8. The van der Waals surface area contributed by atoms with E-state index in [2.05, 4.69) is 20.5 Å². The molecule has 1 heterocycles. The zero-order valence-corrected chi connectivity index (χ0v) is 16.8. The number of hydrogen-bond donors (Lipinski definition) is 2. The van der Waals surface area contributed by atoms with Gasteiger partial charge in [-0.15, -0.1) is 0 Å². The van der Waals surface area contributed by atoms with Gasteiger partial charge >= 0.3 is 0 Å². The molecule has 2 fully saturated rings. The van der Waals surface area contributed by atoms with Crippen LogP contribution in [0.1, 0.15) is 30.9 Å². The van der Waals surface area contributed by atoms with Crippen LogP contribution in [0.2, 0.25) is 0 Å². The topological polar surface area (TPSA) is 58.1 Å². The molecule has 3 rings (SSSR count). The molecule has 1 aromatic rings. The second-order valence-electron chi connectivity index (χ2n) is 7.47. The fraction of sp³-hybridized carbons (Fsp3) is 0.667. The van der Waals surface area contributed by atoms with E-state index in [1.165, 1.54) is 18.9 Å². The van der Waals surface area contributed by atoms with Crippen LogP contribution in [-0.4, -0.2) is 70.5 Å². The minimum absolute atomic E-state index is 0.0695. The standard InChI is InChI=1S/C21H33FN4O2/c1-23-21(24-8-3-11-28-16-17-6-7-17)25-15-20(26-9-12-27-13-10-26)18-4-2-5-19(22)14-18/h2,4-5,14,17,20H,3,6-13,15-16H2,1H3,(H2,23,24,25). The van der Waals surface area contributed by atoms with Crippen LogP contribution >= 0.6 is 0 Å². The summed E-state index contributed by atoms with van der Waals surface area (Å²) in [5, 5.41) is 6.73. The maximum Gasteiger partial charge on any atom is 0.191 e. The molecule has 2 aliphatic rings. The minimum Gasteiger partial charge on any atom is -0.381 e. The number of benzene rings is 1. The lowest BCUT2D eigenvalue weighted by Crippen LogP contribution is -2.46. The van der Waals surface area contributed by atoms with Gasteiger partial charge in [0.25, 0.3) is 0 Å². The fourth-order valence-electron chi connectivity index (χ4n) is 3.39. The van der Waals surface area contributed by atoms with Crippen LogP contribution in [0.15, 0.2) is 29.3 Å². The number of hydrogen-bond acceptors (Lipinski definition) is 4. The molecule has 1 saturated carbocycles. The maximum absolute atomic E-state index is 13.8. The molecule has 1 aliphatic carbocycles. The van der Waals surface area contributed by atoms with Gasteiger partial charge in [0, 0.05) is 46.4 Å². The van der Waals surface area contributed by atoms with Gasteiger partial charge in [-0.2, -0.15) is 0 Å². The third kappa shape index (κ3) is 7.04. The van der Waals surface area contributed by atoms with Crippen molar-refractivity contribution in [2.75, 3.05) is 59.7 Å². The van der Waals surface area contributed by atoms with Gasteiger partial charge in [0.2, 0.25) is 0 Å². The molecule has 1 saturated heterocycles. The van der Waals surface area contributed by atoms with E-state index in [1.807, 2.05) is 6.07 Å². The monoisotopic (exact) mass is 392 g/mol. The Morgan fingerprint density at radius 1 is 1.32 bits per heavy atom. The molecular formula is C21H33FN4O2. The Balaban J connectivity index is 1.46. The van der Waals surface area contributed by atoms with E-state index in [0.29, 0.717) is 19.8 Å². The van der Waals surface area contributed by atoms with E-state index in [-0.39, 0.29) is 11.9 Å². The molecule has 28 heavy (non-hydrogen) atoms.